The summed E-state index contributed by atoms with van der Waals surface area (Å²) in [6.07, 6.45) is 3.43. The van der Waals surface area contributed by atoms with E-state index in [9.17, 15) is 5.26 Å². The van der Waals surface area contributed by atoms with Crippen LogP contribution in [0.5, 0.6) is 0 Å². The molecule has 0 radical (unpaired) electrons. The largest absolute Gasteiger partial charge is 0.469 e. The predicted octanol–water partition coefficient (Wildman–Crippen LogP) is 0.966. The highest BCUT2D eigenvalue weighted by Gasteiger charge is 2.28. The van der Waals surface area contributed by atoms with E-state index in [-0.39, 0.29) is 0 Å². The third kappa shape index (κ3) is 2.46. The second-order valence-corrected chi connectivity index (χ2v) is 3.48. The fraction of sp³-hybridized carbons (Fsp3) is 1.00. The van der Waals surface area contributed by atoms with Crippen molar-refractivity contribution in [2.24, 2.45) is 0 Å². The van der Waals surface area contributed by atoms with Crippen molar-refractivity contribution in [3.05, 3.63) is 0 Å². The molecule has 0 aromatic heterocycles. The smallest absolute Gasteiger partial charge is 0.245 e. The topological polar surface area (TPSA) is 35.0 Å². The van der Waals surface area contributed by atoms with Gasteiger partial charge in [-0.25, -0.2) is 0 Å². The zero-order valence-corrected chi connectivity index (χ0v) is 6.86. The molecular weight excluding hydrogens is 152 g/mol. The van der Waals surface area contributed by atoms with Crippen LogP contribution in [0.4, 0.5) is 0 Å². The van der Waals surface area contributed by atoms with E-state index in [2.05, 4.69) is 11.8 Å². The average Bonchev–Trinajstić information content (AvgIpc) is 2.31. The Morgan fingerprint density at radius 3 is 3.10 bits per heavy atom. The highest BCUT2D eigenvalue weighted by molar-refractivity contribution is 7.95. The lowest BCUT2D eigenvalue weighted by molar-refractivity contribution is -0.837. The molecule has 0 N–H and O–H groups in total. The summed E-state index contributed by atoms with van der Waals surface area (Å²) in [6.45, 7) is 2.70. The van der Waals surface area contributed by atoms with Gasteiger partial charge in [-0.05, 0) is 6.42 Å². The standard InChI is InChI=1S/C6H12O3S/c1-2-3-4-6-5-8-9(7)10-6/h6H,2-5H2,1H3. The Kier molecular flexibility index (Phi) is 3.48. The van der Waals surface area contributed by atoms with Gasteiger partial charge in [0.05, 0.1) is 0 Å². The highest BCUT2D eigenvalue weighted by atomic mass is 32.2. The van der Waals surface area contributed by atoms with Crippen LogP contribution in [-0.4, -0.2) is 11.9 Å². The second kappa shape index (κ2) is 4.18. The van der Waals surface area contributed by atoms with Crippen molar-refractivity contribution in [3.8, 4) is 0 Å². The van der Waals surface area contributed by atoms with Gasteiger partial charge in [0.1, 0.15) is 11.9 Å². The SMILES string of the molecule is CCCCC1CO[O+]([O-])S1. The predicted molar refractivity (Wildman–Crippen MR) is 37.9 cm³/mol. The van der Waals surface area contributed by atoms with Crippen LogP contribution in [0.25, 0.3) is 0 Å². The summed E-state index contributed by atoms with van der Waals surface area (Å²) in [5.41, 5.74) is 0. The minimum absolute atomic E-state index is 0.363. The first-order valence-corrected chi connectivity index (χ1v) is 4.35. The second-order valence-electron chi connectivity index (χ2n) is 2.35. The zero-order valence-electron chi connectivity index (χ0n) is 6.04. The van der Waals surface area contributed by atoms with Gasteiger partial charge in [0, 0.05) is 0 Å². The molecule has 1 aliphatic heterocycles. The minimum Gasteiger partial charge on any atom is -0.469 e. The molecule has 0 spiro atoms. The summed E-state index contributed by atoms with van der Waals surface area (Å²) in [5.74, 6) is 0. The van der Waals surface area contributed by atoms with Gasteiger partial charge in [-0.2, -0.15) is 4.11 Å². The average molecular weight is 164 g/mol. The van der Waals surface area contributed by atoms with E-state index >= 15 is 0 Å². The van der Waals surface area contributed by atoms with Crippen LogP contribution in [0.1, 0.15) is 26.2 Å². The molecular formula is C6H12O3S. The lowest BCUT2D eigenvalue weighted by Crippen LogP contribution is -2.13. The Labute approximate surface area is 65.1 Å². The van der Waals surface area contributed by atoms with Crippen LogP contribution >= 0.6 is 12.0 Å². The molecule has 1 heterocycles. The number of unbranched alkanes of at least 4 members (excludes halogenated alkanes) is 1. The minimum atomic E-state index is 0.363. The van der Waals surface area contributed by atoms with Gasteiger partial charge in [0.15, 0.2) is 0 Å². The molecule has 0 aromatic rings. The van der Waals surface area contributed by atoms with Crippen LogP contribution in [0, 0.1) is 0 Å². The summed E-state index contributed by atoms with van der Waals surface area (Å²) in [6, 6.07) is 0. The monoisotopic (exact) mass is 164 g/mol. The Hall–Kier alpha value is 0.230. The number of rotatable bonds is 3. The van der Waals surface area contributed by atoms with Gasteiger partial charge in [0.2, 0.25) is 12.0 Å². The zero-order chi connectivity index (χ0) is 7.40. The van der Waals surface area contributed by atoms with E-state index in [1.807, 2.05) is 0 Å². The normalized spacial score (nSPS) is 27.6. The maximum Gasteiger partial charge on any atom is 0.245 e. The number of hydrogen-bond acceptors (Lipinski definition) is 3. The third-order valence-corrected chi connectivity index (χ3v) is 2.34. The highest BCUT2D eigenvalue weighted by Crippen LogP contribution is 2.29. The van der Waals surface area contributed by atoms with Gasteiger partial charge in [-0.1, -0.05) is 24.7 Å². The molecule has 0 bridgehead atoms. The summed E-state index contributed by atoms with van der Waals surface area (Å²) in [7, 11) is 0. The molecule has 1 saturated heterocycles. The van der Waals surface area contributed by atoms with E-state index in [0.717, 1.165) is 6.42 Å². The molecule has 0 aliphatic carbocycles. The quantitative estimate of drug-likeness (QED) is 0.354. The molecule has 4 heteroatoms. The molecule has 3 nitrogen and oxygen atoms in total. The first kappa shape index (κ1) is 8.33. The van der Waals surface area contributed by atoms with E-state index in [4.69, 9.17) is 0 Å². The molecule has 1 unspecified atom stereocenters. The van der Waals surface area contributed by atoms with Crippen LogP contribution in [0.2, 0.25) is 0 Å². The van der Waals surface area contributed by atoms with Gasteiger partial charge >= 0.3 is 0 Å². The maximum atomic E-state index is 10.4. The van der Waals surface area contributed by atoms with Gasteiger partial charge < -0.3 is 5.26 Å². The molecule has 0 saturated carbocycles. The van der Waals surface area contributed by atoms with Gasteiger partial charge in [-0.15, -0.1) is 0 Å². The van der Waals surface area contributed by atoms with Crippen LogP contribution in [-0.2, 0) is 9.00 Å². The third-order valence-electron chi connectivity index (χ3n) is 1.44. The van der Waals surface area contributed by atoms with Crippen molar-refractivity contribution in [1.29, 1.82) is 0 Å². The van der Waals surface area contributed by atoms with Gasteiger partial charge in [-0.3, -0.25) is 0 Å². The molecule has 1 aliphatic rings. The fourth-order valence-electron chi connectivity index (χ4n) is 0.861. The molecule has 0 amide bonds. The molecule has 1 atom stereocenters. The van der Waals surface area contributed by atoms with Crippen molar-refractivity contribution in [3.63, 3.8) is 0 Å². The Morgan fingerprint density at radius 2 is 2.60 bits per heavy atom. The molecule has 1 fully saturated rings. The van der Waals surface area contributed by atoms with Crippen molar-refractivity contribution >= 4 is 12.0 Å². The Morgan fingerprint density at radius 1 is 1.80 bits per heavy atom. The van der Waals surface area contributed by atoms with Crippen molar-refractivity contribution < 1.29 is 14.3 Å². The Bertz CT molecular complexity index is 99.0. The van der Waals surface area contributed by atoms with E-state index in [1.165, 1.54) is 29.0 Å². The summed E-state index contributed by atoms with van der Waals surface area (Å²) in [4.78, 5) is 4.62. The van der Waals surface area contributed by atoms with Crippen molar-refractivity contribution in [2.75, 3.05) is 6.61 Å². The van der Waals surface area contributed by atoms with Gasteiger partial charge in [0.25, 0.3) is 0 Å². The lowest BCUT2D eigenvalue weighted by Gasteiger charge is -2.01. The molecule has 60 valence electrons. The Balaban J connectivity index is 2.06. The number of hydrogen-bond donors (Lipinski definition) is 0. The molecule has 0 aromatic carbocycles. The van der Waals surface area contributed by atoms with Crippen molar-refractivity contribution in [1.82, 2.24) is 0 Å². The first-order valence-electron chi connectivity index (χ1n) is 3.55. The summed E-state index contributed by atoms with van der Waals surface area (Å²) in [5, 5.41) is 10.8. The van der Waals surface area contributed by atoms with E-state index in [1.54, 1.807) is 0 Å². The van der Waals surface area contributed by atoms with E-state index < -0.39 is 0 Å². The molecule has 10 heavy (non-hydrogen) atoms. The maximum absolute atomic E-state index is 10.4. The van der Waals surface area contributed by atoms with Crippen molar-refractivity contribution in [2.45, 2.75) is 31.4 Å². The summed E-state index contributed by atoms with van der Waals surface area (Å²) >= 11 is 1.18. The van der Waals surface area contributed by atoms with E-state index in [0.29, 0.717) is 11.9 Å². The first-order chi connectivity index (χ1) is 4.83. The summed E-state index contributed by atoms with van der Waals surface area (Å²) < 4.78 is 1.32. The fourth-order valence-corrected chi connectivity index (χ4v) is 1.57. The lowest BCUT2D eigenvalue weighted by atomic mass is 10.2. The van der Waals surface area contributed by atoms with Crippen LogP contribution < -0.4 is 5.26 Å². The van der Waals surface area contributed by atoms with Crippen LogP contribution in [0.3, 0.4) is 0 Å². The van der Waals surface area contributed by atoms with Crippen LogP contribution in [0.15, 0.2) is 0 Å². The molecule has 1 rings (SSSR count).